The van der Waals surface area contributed by atoms with E-state index in [2.05, 4.69) is 10.6 Å². The summed E-state index contributed by atoms with van der Waals surface area (Å²) in [7, 11) is 0. The summed E-state index contributed by atoms with van der Waals surface area (Å²) < 4.78 is 32.6. The lowest BCUT2D eigenvalue weighted by Gasteiger charge is -2.19. The highest BCUT2D eigenvalue weighted by Crippen LogP contribution is 2.15. The highest BCUT2D eigenvalue weighted by molar-refractivity contribution is 5.89. The van der Waals surface area contributed by atoms with E-state index in [1.165, 1.54) is 0 Å². The number of hydrogen-bond acceptors (Lipinski definition) is 12. The van der Waals surface area contributed by atoms with Gasteiger partial charge in [0.2, 0.25) is 11.8 Å². The second-order valence-electron chi connectivity index (χ2n) is 13.2. The molecule has 0 aliphatic carbocycles. The zero-order chi connectivity index (χ0) is 38.5. The third-order valence-electron chi connectivity index (χ3n) is 7.19. The number of amides is 2. The van der Waals surface area contributed by atoms with Crippen LogP contribution in [0.3, 0.4) is 0 Å². The predicted molar refractivity (Wildman–Crippen MR) is 196 cm³/mol. The molecule has 0 spiro atoms. The Bertz CT molecular complexity index is 1160. The van der Waals surface area contributed by atoms with Gasteiger partial charge in [0.1, 0.15) is 23.7 Å². The molecule has 0 fully saturated rings. The van der Waals surface area contributed by atoms with Crippen LogP contribution in [-0.4, -0.2) is 114 Å². The van der Waals surface area contributed by atoms with Crippen molar-refractivity contribution < 1.29 is 52.4 Å². The molecule has 1 atom stereocenters. The highest BCUT2D eigenvalue weighted by Gasteiger charge is 2.21. The zero-order valence-corrected chi connectivity index (χ0v) is 31.8. The van der Waals surface area contributed by atoms with Crippen LogP contribution in [0.4, 0.5) is 0 Å². The van der Waals surface area contributed by atoms with E-state index in [4.69, 9.17) is 34.2 Å². The van der Waals surface area contributed by atoms with Crippen molar-refractivity contribution in [1.82, 2.24) is 10.6 Å². The van der Waals surface area contributed by atoms with Crippen molar-refractivity contribution in [1.29, 1.82) is 0 Å². The van der Waals surface area contributed by atoms with Crippen LogP contribution in [-0.2, 0) is 54.1 Å². The van der Waals surface area contributed by atoms with Gasteiger partial charge < -0.3 is 44.8 Å². The smallest absolute Gasteiger partial charge is 0.308 e. The van der Waals surface area contributed by atoms with Gasteiger partial charge in [-0.1, -0.05) is 19.1 Å². The Labute approximate surface area is 309 Å². The lowest BCUT2D eigenvalue weighted by atomic mass is 9.99. The van der Waals surface area contributed by atoms with Gasteiger partial charge >= 0.3 is 5.97 Å². The fourth-order valence-corrected chi connectivity index (χ4v) is 4.63. The van der Waals surface area contributed by atoms with Crippen molar-refractivity contribution in [2.45, 2.75) is 104 Å². The monoisotopic (exact) mass is 737 g/mol. The third kappa shape index (κ3) is 26.4. The Hall–Kier alpha value is -3.43. The number of nitrogens with one attached hydrogen (secondary N) is 2. The normalized spacial score (nSPS) is 11.9. The Morgan fingerprint density at radius 2 is 1.29 bits per heavy atom. The van der Waals surface area contributed by atoms with E-state index in [0.717, 1.165) is 12.0 Å². The van der Waals surface area contributed by atoms with E-state index in [0.29, 0.717) is 77.6 Å². The van der Waals surface area contributed by atoms with Crippen LogP contribution in [0.1, 0.15) is 91.0 Å². The number of esters is 1. The molecule has 0 aliphatic heterocycles. The molecule has 0 bridgehead atoms. The first kappa shape index (κ1) is 46.6. The molecular formula is C38H63N3O11. The van der Waals surface area contributed by atoms with Gasteiger partial charge in [0.25, 0.3) is 0 Å². The lowest BCUT2D eigenvalue weighted by Crippen LogP contribution is -2.42. The zero-order valence-electron chi connectivity index (χ0n) is 31.8. The fourth-order valence-electron chi connectivity index (χ4n) is 4.63. The van der Waals surface area contributed by atoms with Crippen molar-refractivity contribution in [3.8, 4) is 5.75 Å². The van der Waals surface area contributed by atoms with Gasteiger partial charge in [-0.3, -0.25) is 24.0 Å². The Morgan fingerprint density at radius 1 is 0.692 bits per heavy atom. The number of Topliss-reactive ketones (excluding diaryl/α,β-unsaturated/α-hetero) is 2. The van der Waals surface area contributed by atoms with Crippen LogP contribution in [0.25, 0.3) is 0 Å². The Balaban J connectivity index is 2.20. The van der Waals surface area contributed by atoms with Gasteiger partial charge in [-0.25, -0.2) is 0 Å². The summed E-state index contributed by atoms with van der Waals surface area (Å²) in [4.78, 5) is 61.4. The summed E-state index contributed by atoms with van der Waals surface area (Å²) >= 11 is 0. The molecule has 1 rings (SSSR count). The minimum Gasteiger partial charge on any atom is -0.492 e. The van der Waals surface area contributed by atoms with Gasteiger partial charge in [0.05, 0.1) is 45.5 Å². The van der Waals surface area contributed by atoms with Crippen molar-refractivity contribution >= 4 is 29.4 Å². The van der Waals surface area contributed by atoms with Crippen molar-refractivity contribution in [3.05, 3.63) is 29.8 Å². The first-order valence-electron chi connectivity index (χ1n) is 18.5. The molecule has 1 aromatic carbocycles. The Morgan fingerprint density at radius 3 is 1.94 bits per heavy atom. The van der Waals surface area contributed by atoms with E-state index in [1.54, 1.807) is 0 Å². The van der Waals surface area contributed by atoms with Crippen molar-refractivity contribution in [2.24, 2.45) is 5.73 Å². The summed E-state index contributed by atoms with van der Waals surface area (Å²) in [6.07, 6.45) is 3.59. The van der Waals surface area contributed by atoms with Gasteiger partial charge in [0, 0.05) is 65.0 Å². The molecular weight excluding hydrogens is 674 g/mol. The molecule has 296 valence electrons. The number of nitrogens with two attached hydrogens (primary N) is 1. The van der Waals surface area contributed by atoms with Crippen molar-refractivity contribution in [2.75, 3.05) is 72.6 Å². The van der Waals surface area contributed by atoms with Crippen LogP contribution in [0, 0.1) is 0 Å². The average molecular weight is 738 g/mol. The number of benzene rings is 1. The molecule has 1 aromatic rings. The minimum absolute atomic E-state index is 0.0614. The summed E-state index contributed by atoms with van der Waals surface area (Å²) in [6, 6.07) is 6.67. The summed E-state index contributed by atoms with van der Waals surface area (Å²) in [6.45, 7) is 11.1. The molecule has 4 N–H and O–H groups in total. The Kier molecular flexibility index (Phi) is 26.0. The molecule has 2 amide bonds. The molecule has 0 saturated heterocycles. The van der Waals surface area contributed by atoms with Crippen LogP contribution in [0.15, 0.2) is 24.3 Å². The molecule has 14 nitrogen and oxygen atoms in total. The number of ether oxygens (including phenoxy) is 6. The van der Waals surface area contributed by atoms with E-state index >= 15 is 0 Å². The maximum atomic E-state index is 13.1. The molecule has 14 heteroatoms. The lowest BCUT2D eigenvalue weighted by molar-refractivity contribution is -0.156. The highest BCUT2D eigenvalue weighted by atomic mass is 16.6. The predicted octanol–water partition coefficient (Wildman–Crippen LogP) is 3.24. The second kappa shape index (κ2) is 29.1. The molecule has 0 heterocycles. The maximum Gasteiger partial charge on any atom is 0.308 e. The number of ketones is 2. The van der Waals surface area contributed by atoms with Gasteiger partial charge in [-0.05, 0) is 64.2 Å². The fraction of sp³-hybridized carbons (Fsp3) is 0.711. The van der Waals surface area contributed by atoms with Crippen LogP contribution < -0.4 is 21.1 Å². The van der Waals surface area contributed by atoms with E-state index in [-0.39, 0.29) is 87.9 Å². The van der Waals surface area contributed by atoms with E-state index in [1.807, 2.05) is 52.0 Å². The second-order valence-corrected chi connectivity index (χ2v) is 13.2. The van der Waals surface area contributed by atoms with E-state index in [9.17, 15) is 24.0 Å². The summed E-state index contributed by atoms with van der Waals surface area (Å²) in [5.41, 5.74) is 5.86. The third-order valence-corrected chi connectivity index (χ3v) is 7.19. The topological polar surface area (TPSA) is 191 Å². The molecule has 0 aliphatic rings. The van der Waals surface area contributed by atoms with Crippen LogP contribution in [0.2, 0.25) is 0 Å². The standard InChI is InChI=1S/C38H63N3O11/c1-5-20-47-25-16-36(45)41-33(29-30-10-12-32(13-11-30)51-27-18-39)34(43)9-7-22-48-24-15-35(44)40-19-28-50-23-14-31(42)8-6-21-49-26-17-37(46)52-38(2,3)4/h10-13,33H,5-9,14-29,39H2,1-4H3,(H,40,44)(H,41,45)/t33-/m0/s1. The van der Waals surface area contributed by atoms with Gasteiger partial charge in [0.15, 0.2) is 5.78 Å². The molecule has 52 heavy (non-hydrogen) atoms. The number of hydrogen-bond donors (Lipinski definition) is 3. The molecule has 0 unspecified atom stereocenters. The largest absolute Gasteiger partial charge is 0.492 e. The number of rotatable bonds is 32. The van der Waals surface area contributed by atoms with Gasteiger partial charge in [-0.15, -0.1) is 0 Å². The van der Waals surface area contributed by atoms with Gasteiger partial charge in [-0.2, -0.15) is 0 Å². The molecule has 0 saturated carbocycles. The summed E-state index contributed by atoms with van der Waals surface area (Å²) in [5.74, 6) is -0.100. The van der Waals surface area contributed by atoms with E-state index < -0.39 is 11.6 Å². The van der Waals surface area contributed by atoms with Crippen LogP contribution >= 0.6 is 0 Å². The van der Waals surface area contributed by atoms with Crippen molar-refractivity contribution in [3.63, 3.8) is 0 Å². The number of carbonyl (C=O) groups excluding carboxylic acids is 5. The quantitative estimate of drug-likeness (QED) is 0.0724. The SMILES string of the molecule is CCCOCCC(=O)N[C@@H](Cc1ccc(OCCN)cc1)C(=O)CCCOCCC(=O)NCCOCCC(=O)CCCOCCC(=O)OC(C)(C)C. The minimum atomic E-state index is -0.691. The molecule has 0 aromatic heterocycles. The van der Waals surface area contributed by atoms with Crippen LogP contribution in [0.5, 0.6) is 5.75 Å². The first-order chi connectivity index (χ1) is 24.9. The summed E-state index contributed by atoms with van der Waals surface area (Å²) in [5, 5.41) is 5.61. The molecule has 0 radical (unpaired) electrons. The average Bonchev–Trinajstić information content (AvgIpc) is 3.09. The number of carbonyl (C=O) groups is 5. The first-order valence-corrected chi connectivity index (χ1v) is 18.5. The maximum absolute atomic E-state index is 13.1.